The average Bonchev–Trinajstić information content (AvgIpc) is 2.99. The van der Waals surface area contributed by atoms with Gasteiger partial charge in [0.25, 0.3) is 11.3 Å². The number of methoxy groups -OCH3 is 1. The molecule has 0 aliphatic carbocycles. The van der Waals surface area contributed by atoms with Crippen LogP contribution in [0, 0.1) is 0 Å². The van der Waals surface area contributed by atoms with Crippen LogP contribution in [0.5, 0.6) is 0 Å². The van der Waals surface area contributed by atoms with E-state index >= 15 is 0 Å². The minimum Gasteiger partial charge on any atom is -0.469 e. The minimum atomic E-state index is -1.77. The molecule has 3 aliphatic rings. The topological polar surface area (TPSA) is 77.8 Å². The van der Waals surface area contributed by atoms with E-state index in [1.54, 1.807) is 8.87 Å². The van der Waals surface area contributed by atoms with Crippen molar-refractivity contribution in [2.75, 3.05) is 13.7 Å². The Morgan fingerprint density at radius 2 is 2.19 bits per heavy atom. The Kier molecular flexibility index (Phi) is 3.33. The third-order valence-corrected chi connectivity index (χ3v) is 6.95. The van der Waals surface area contributed by atoms with Crippen LogP contribution in [0.25, 0.3) is 10.9 Å². The first-order valence-corrected chi connectivity index (χ1v) is 9.69. The molecule has 7 nitrogen and oxygen atoms in total. The molecule has 4 heterocycles. The standard InChI is InChI=1S/C18H18N2O5S/c1-24-15(22)10-18-8-6-14(21)19-9-7-12-11-4-2-3-5-13(11)20(26(23)25-18)16(12)17(18)19/h2-5,17H,6-10H2,1H3. The molecule has 3 aliphatic heterocycles. The van der Waals surface area contributed by atoms with Crippen molar-refractivity contribution in [2.24, 2.45) is 0 Å². The number of aromatic nitrogens is 1. The monoisotopic (exact) mass is 374 g/mol. The molecule has 136 valence electrons. The Balaban J connectivity index is 1.79. The van der Waals surface area contributed by atoms with E-state index in [1.807, 2.05) is 24.3 Å². The lowest BCUT2D eigenvalue weighted by molar-refractivity contribution is -0.162. The molecule has 0 N–H and O–H groups in total. The second-order valence-corrected chi connectivity index (χ2v) is 8.00. The van der Waals surface area contributed by atoms with Crippen LogP contribution in [0.3, 0.4) is 0 Å². The van der Waals surface area contributed by atoms with Crippen molar-refractivity contribution in [1.29, 1.82) is 0 Å². The van der Waals surface area contributed by atoms with Crippen LogP contribution >= 0.6 is 0 Å². The number of ether oxygens (including phenoxy) is 1. The summed E-state index contributed by atoms with van der Waals surface area (Å²) in [5.74, 6) is -0.373. The first-order chi connectivity index (χ1) is 12.6. The van der Waals surface area contributed by atoms with Crippen LogP contribution in [0.2, 0.25) is 0 Å². The van der Waals surface area contributed by atoms with Crippen molar-refractivity contribution in [3.05, 3.63) is 35.5 Å². The highest BCUT2D eigenvalue weighted by Gasteiger charge is 2.58. The molecule has 1 aromatic heterocycles. The van der Waals surface area contributed by atoms with Gasteiger partial charge in [-0.1, -0.05) is 18.2 Å². The van der Waals surface area contributed by atoms with E-state index in [0.29, 0.717) is 19.4 Å². The van der Waals surface area contributed by atoms with Gasteiger partial charge < -0.3 is 9.64 Å². The highest BCUT2D eigenvalue weighted by molar-refractivity contribution is 7.78. The van der Waals surface area contributed by atoms with Gasteiger partial charge in [0.05, 0.1) is 24.7 Å². The third-order valence-electron chi connectivity index (χ3n) is 5.79. The zero-order valence-electron chi connectivity index (χ0n) is 14.3. The first kappa shape index (κ1) is 16.0. The average molecular weight is 374 g/mol. The number of piperidine rings is 1. The summed E-state index contributed by atoms with van der Waals surface area (Å²) in [6, 6.07) is 7.35. The van der Waals surface area contributed by atoms with Gasteiger partial charge in [-0.15, -0.1) is 0 Å². The summed E-state index contributed by atoms with van der Waals surface area (Å²) in [6.45, 7) is 0.573. The number of hydrogen-bond acceptors (Lipinski definition) is 5. The zero-order chi connectivity index (χ0) is 18.1. The van der Waals surface area contributed by atoms with Crippen molar-refractivity contribution in [3.63, 3.8) is 0 Å². The SMILES string of the molecule is COC(=O)CC12CCC(=O)N3CCc4c(n(c5ccccc45)S(=O)O1)C32. The fraction of sp³-hybridized carbons (Fsp3) is 0.444. The number of rotatable bonds is 2. The van der Waals surface area contributed by atoms with E-state index in [4.69, 9.17) is 8.92 Å². The highest BCUT2D eigenvalue weighted by atomic mass is 32.2. The molecule has 26 heavy (non-hydrogen) atoms. The lowest BCUT2D eigenvalue weighted by Crippen LogP contribution is -2.60. The largest absolute Gasteiger partial charge is 0.469 e. The summed E-state index contributed by atoms with van der Waals surface area (Å²) in [6.07, 6.45) is 1.32. The van der Waals surface area contributed by atoms with Crippen molar-refractivity contribution in [1.82, 2.24) is 8.87 Å². The van der Waals surface area contributed by atoms with Crippen LogP contribution in [0.15, 0.2) is 24.3 Å². The number of hydrogen-bond donors (Lipinski definition) is 0. The molecule has 1 amide bonds. The highest BCUT2D eigenvalue weighted by Crippen LogP contribution is 2.53. The Morgan fingerprint density at radius 3 is 3.00 bits per heavy atom. The maximum atomic E-state index is 13.1. The summed E-state index contributed by atoms with van der Waals surface area (Å²) in [5, 5.41) is 1.03. The molecule has 3 atom stereocenters. The van der Waals surface area contributed by atoms with E-state index < -0.39 is 28.9 Å². The van der Waals surface area contributed by atoms with Gasteiger partial charge in [-0.3, -0.25) is 13.8 Å². The van der Waals surface area contributed by atoms with Gasteiger partial charge >= 0.3 is 5.97 Å². The number of carbonyl (C=O) groups excluding carboxylic acids is 2. The fourth-order valence-corrected chi connectivity index (χ4v) is 5.99. The van der Waals surface area contributed by atoms with E-state index in [1.165, 1.54) is 7.11 Å². The van der Waals surface area contributed by atoms with Gasteiger partial charge in [0.1, 0.15) is 11.6 Å². The number of fused-ring (bicyclic) bond motifs is 3. The molecule has 0 radical (unpaired) electrons. The summed E-state index contributed by atoms with van der Waals surface area (Å²) in [5.41, 5.74) is 1.77. The lowest BCUT2D eigenvalue weighted by Gasteiger charge is -2.52. The Bertz CT molecular complexity index is 983. The van der Waals surface area contributed by atoms with E-state index in [2.05, 4.69) is 0 Å². The summed E-state index contributed by atoms with van der Waals surface area (Å²) in [4.78, 5) is 26.5. The normalized spacial score (nSPS) is 29.6. The third kappa shape index (κ3) is 1.94. The van der Waals surface area contributed by atoms with Crippen LogP contribution in [-0.4, -0.2) is 44.2 Å². The summed E-state index contributed by atoms with van der Waals surface area (Å²) in [7, 11) is 1.33. The maximum Gasteiger partial charge on any atom is 0.308 e. The molecule has 3 unspecified atom stereocenters. The number of esters is 1. The van der Waals surface area contributed by atoms with Gasteiger partial charge in [0, 0.05) is 18.4 Å². The molecule has 0 bridgehead atoms. The van der Waals surface area contributed by atoms with E-state index in [9.17, 15) is 13.8 Å². The Hall–Kier alpha value is -2.19. The van der Waals surface area contributed by atoms with Crippen LogP contribution in [-0.2, 0) is 36.2 Å². The van der Waals surface area contributed by atoms with Crippen molar-refractivity contribution in [2.45, 2.75) is 37.3 Å². The van der Waals surface area contributed by atoms with Gasteiger partial charge in [0.15, 0.2) is 0 Å². The van der Waals surface area contributed by atoms with Crippen LogP contribution in [0.4, 0.5) is 0 Å². The lowest BCUT2D eigenvalue weighted by atomic mass is 9.76. The maximum absolute atomic E-state index is 13.1. The van der Waals surface area contributed by atoms with Crippen molar-refractivity contribution in [3.8, 4) is 0 Å². The summed E-state index contributed by atoms with van der Waals surface area (Å²) >= 11 is -1.77. The first-order valence-electron chi connectivity index (χ1n) is 8.66. The number of nitrogens with zero attached hydrogens (tertiary/aromatic N) is 2. The molecule has 2 aromatic rings. The molecule has 1 saturated heterocycles. The molecule has 5 rings (SSSR count). The van der Waals surface area contributed by atoms with Crippen molar-refractivity contribution >= 4 is 34.0 Å². The Labute approximate surface area is 152 Å². The van der Waals surface area contributed by atoms with Crippen molar-refractivity contribution < 1.29 is 22.7 Å². The molecular weight excluding hydrogens is 356 g/mol. The smallest absolute Gasteiger partial charge is 0.308 e. The number of benzene rings is 1. The molecule has 8 heteroatoms. The minimum absolute atomic E-state index is 0.0232. The fourth-order valence-electron chi connectivity index (χ4n) is 4.70. The predicted molar refractivity (Wildman–Crippen MR) is 93.3 cm³/mol. The number of para-hydroxylation sites is 1. The number of carbonyl (C=O) groups is 2. The Morgan fingerprint density at radius 1 is 1.38 bits per heavy atom. The second-order valence-electron chi connectivity index (χ2n) is 7.03. The number of amides is 1. The quantitative estimate of drug-likeness (QED) is 0.747. The van der Waals surface area contributed by atoms with Crippen LogP contribution < -0.4 is 0 Å². The second kappa shape index (κ2) is 5.40. The molecule has 0 saturated carbocycles. The molecule has 0 spiro atoms. The predicted octanol–water partition coefficient (Wildman–Crippen LogP) is 1.62. The molecule has 1 aromatic carbocycles. The van der Waals surface area contributed by atoms with E-state index in [-0.39, 0.29) is 18.7 Å². The van der Waals surface area contributed by atoms with Gasteiger partial charge in [-0.05, 0) is 24.5 Å². The summed E-state index contributed by atoms with van der Waals surface area (Å²) < 4.78 is 25.6. The van der Waals surface area contributed by atoms with Crippen LogP contribution in [0.1, 0.15) is 36.6 Å². The molecular formula is C18H18N2O5S. The molecule has 1 fully saturated rings. The zero-order valence-corrected chi connectivity index (χ0v) is 15.1. The van der Waals surface area contributed by atoms with Gasteiger partial charge in [-0.25, -0.2) is 8.18 Å². The van der Waals surface area contributed by atoms with Gasteiger partial charge in [-0.2, -0.15) is 0 Å². The van der Waals surface area contributed by atoms with Gasteiger partial charge in [0.2, 0.25) is 5.91 Å². The van der Waals surface area contributed by atoms with E-state index in [0.717, 1.165) is 22.2 Å².